The number of imide groups is 1. The van der Waals surface area contributed by atoms with E-state index in [1.165, 1.54) is 4.90 Å². The van der Waals surface area contributed by atoms with E-state index in [-0.39, 0.29) is 18.5 Å². The highest BCUT2D eigenvalue weighted by molar-refractivity contribution is 7.10. The van der Waals surface area contributed by atoms with Gasteiger partial charge in [0.25, 0.3) is 5.91 Å². The number of carbonyl (C=O) groups excluding carboxylic acids is 2. The molecule has 3 aromatic rings. The van der Waals surface area contributed by atoms with Crippen molar-refractivity contribution in [1.82, 2.24) is 19.4 Å². The second-order valence-electron chi connectivity index (χ2n) is 6.13. The molecule has 1 fully saturated rings. The van der Waals surface area contributed by atoms with Crippen LogP contribution in [-0.2, 0) is 17.9 Å². The van der Waals surface area contributed by atoms with Crippen LogP contribution in [0.15, 0.2) is 60.7 Å². The molecule has 4 rings (SSSR count). The fourth-order valence-corrected chi connectivity index (χ4v) is 3.74. The maximum Gasteiger partial charge on any atom is 0.328 e. The summed E-state index contributed by atoms with van der Waals surface area (Å²) in [5.74, 6) is -0.286. The van der Waals surface area contributed by atoms with Crippen LogP contribution >= 0.6 is 23.1 Å². The van der Waals surface area contributed by atoms with E-state index in [0.717, 1.165) is 22.7 Å². The fourth-order valence-electron chi connectivity index (χ4n) is 3.12. The van der Waals surface area contributed by atoms with Crippen molar-refractivity contribution >= 4 is 35.1 Å². The third-order valence-electron chi connectivity index (χ3n) is 4.42. The summed E-state index contributed by atoms with van der Waals surface area (Å²) in [6.07, 6.45) is 0. The lowest BCUT2D eigenvalue weighted by Crippen LogP contribution is -2.32. The molecular formula is C19H15ClN4O2S. The van der Waals surface area contributed by atoms with E-state index in [4.69, 9.17) is 11.6 Å². The Hall–Kier alpha value is -2.77. The van der Waals surface area contributed by atoms with Crippen LogP contribution in [0.4, 0.5) is 4.79 Å². The molecule has 0 N–H and O–H groups in total. The zero-order chi connectivity index (χ0) is 18.8. The van der Waals surface area contributed by atoms with Crippen LogP contribution in [0, 0.1) is 0 Å². The van der Waals surface area contributed by atoms with E-state index < -0.39 is 6.04 Å². The molecule has 1 aromatic heterocycles. The van der Waals surface area contributed by atoms with E-state index in [9.17, 15) is 9.59 Å². The van der Waals surface area contributed by atoms with Crippen LogP contribution in [0.3, 0.4) is 0 Å². The van der Waals surface area contributed by atoms with Gasteiger partial charge in [-0.05, 0) is 11.1 Å². The van der Waals surface area contributed by atoms with Gasteiger partial charge in [-0.25, -0.2) is 4.79 Å². The Balaban J connectivity index is 1.69. The zero-order valence-corrected chi connectivity index (χ0v) is 15.7. The summed E-state index contributed by atoms with van der Waals surface area (Å²) in [5.41, 5.74) is 2.16. The van der Waals surface area contributed by atoms with Crippen molar-refractivity contribution in [3.63, 3.8) is 0 Å². The molecule has 1 aliphatic heterocycles. The Kier molecular flexibility index (Phi) is 4.87. The minimum absolute atomic E-state index is 0.0155. The number of aromatic nitrogens is 2. The zero-order valence-electron chi connectivity index (χ0n) is 14.2. The Morgan fingerprint density at radius 1 is 0.963 bits per heavy atom. The Morgan fingerprint density at radius 2 is 1.63 bits per heavy atom. The molecule has 8 heteroatoms. The van der Waals surface area contributed by atoms with Crippen LogP contribution in [0.25, 0.3) is 0 Å². The molecule has 27 heavy (non-hydrogen) atoms. The van der Waals surface area contributed by atoms with Gasteiger partial charge < -0.3 is 4.90 Å². The summed E-state index contributed by atoms with van der Waals surface area (Å²) in [5, 5.41) is 3.93. The quantitative estimate of drug-likeness (QED) is 0.611. The molecule has 0 bridgehead atoms. The molecule has 0 radical (unpaired) electrons. The summed E-state index contributed by atoms with van der Waals surface area (Å²) in [6.45, 7) is 0.353. The molecule has 3 amide bonds. The molecule has 0 spiro atoms. The summed E-state index contributed by atoms with van der Waals surface area (Å²) >= 11 is 7.10. The van der Waals surface area contributed by atoms with Gasteiger partial charge in [-0.3, -0.25) is 9.69 Å². The van der Waals surface area contributed by atoms with Crippen molar-refractivity contribution < 1.29 is 9.59 Å². The molecule has 1 unspecified atom stereocenters. The first kappa shape index (κ1) is 17.6. The number of hydrogen-bond acceptors (Lipinski definition) is 5. The van der Waals surface area contributed by atoms with E-state index in [1.807, 2.05) is 60.7 Å². The molecule has 1 atom stereocenters. The highest BCUT2D eigenvalue weighted by atomic mass is 35.5. The van der Waals surface area contributed by atoms with Crippen LogP contribution in [0.2, 0.25) is 4.34 Å². The number of benzene rings is 2. The monoisotopic (exact) mass is 398 g/mol. The second kappa shape index (κ2) is 7.46. The summed E-state index contributed by atoms with van der Waals surface area (Å²) in [6, 6.07) is 17.9. The molecule has 2 heterocycles. The lowest BCUT2D eigenvalue weighted by Gasteiger charge is -2.22. The van der Waals surface area contributed by atoms with Gasteiger partial charge in [0.15, 0.2) is 0 Å². The first-order valence-corrected chi connectivity index (χ1v) is 9.48. The summed E-state index contributed by atoms with van der Waals surface area (Å²) < 4.78 is 4.16. The standard InChI is InChI=1S/C19H15ClN4O2S/c20-17-15(21-22-27-17)12-24-18(25)16(14-9-5-2-6-10-14)23(19(24)26)11-13-7-3-1-4-8-13/h1-10,16H,11-12H2. The average molecular weight is 399 g/mol. The maximum absolute atomic E-state index is 13.1. The van der Waals surface area contributed by atoms with Gasteiger partial charge in [0.1, 0.15) is 16.1 Å². The van der Waals surface area contributed by atoms with Crippen LogP contribution in [0.5, 0.6) is 0 Å². The predicted molar refractivity (Wildman–Crippen MR) is 102 cm³/mol. The van der Waals surface area contributed by atoms with E-state index in [1.54, 1.807) is 4.90 Å². The largest absolute Gasteiger partial charge is 0.328 e. The second-order valence-corrected chi connectivity index (χ2v) is 7.48. The van der Waals surface area contributed by atoms with Crippen molar-refractivity contribution in [2.24, 2.45) is 0 Å². The van der Waals surface area contributed by atoms with E-state index in [2.05, 4.69) is 9.59 Å². The number of carbonyl (C=O) groups is 2. The van der Waals surface area contributed by atoms with Crippen molar-refractivity contribution in [2.75, 3.05) is 0 Å². The Morgan fingerprint density at radius 3 is 2.26 bits per heavy atom. The highest BCUT2D eigenvalue weighted by Gasteiger charge is 2.46. The lowest BCUT2D eigenvalue weighted by molar-refractivity contribution is -0.129. The summed E-state index contributed by atoms with van der Waals surface area (Å²) in [7, 11) is 0. The van der Waals surface area contributed by atoms with Gasteiger partial charge in [-0.2, -0.15) is 0 Å². The number of halogens is 1. The molecule has 136 valence electrons. The summed E-state index contributed by atoms with van der Waals surface area (Å²) in [4.78, 5) is 29.0. The van der Waals surface area contributed by atoms with E-state index >= 15 is 0 Å². The van der Waals surface area contributed by atoms with Gasteiger partial charge in [0.2, 0.25) is 0 Å². The van der Waals surface area contributed by atoms with Gasteiger partial charge in [-0.15, -0.1) is 5.10 Å². The van der Waals surface area contributed by atoms with Crippen LogP contribution in [-0.4, -0.2) is 31.3 Å². The average Bonchev–Trinajstić information content (AvgIpc) is 3.20. The molecule has 1 aliphatic rings. The molecule has 0 saturated carbocycles. The number of urea groups is 1. The Labute approximate surface area is 165 Å². The minimum Gasteiger partial charge on any atom is -0.304 e. The molecule has 1 saturated heterocycles. The van der Waals surface area contributed by atoms with Gasteiger partial charge in [-0.1, -0.05) is 76.8 Å². The number of amides is 3. The SMILES string of the molecule is O=C1C(c2ccccc2)N(Cc2ccccc2)C(=O)N1Cc1nnsc1Cl. The van der Waals surface area contributed by atoms with Crippen molar-refractivity contribution in [2.45, 2.75) is 19.1 Å². The van der Waals surface area contributed by atoms with Gasteiger partial charge in [0, 0.05) is 18.1 Å². The number of rotatable bonds is 5. The number of hydrogen-bond donors (Lipinski definition) is 0. The molecule has 0 aliphatic carbocycles. The fraction of sp³-hybridized carbons (Fsp3) is 0.158. The Bertz CT molecular complexity index is 964. The van der Waals surface area contributed by atoms with Gasteiger partial charge >= 0.3 is 6.03 Å². The van der Waals surface area contributed by atoms with Crippen LogP contribution in [0.1, 0.15) is 22.9 Å². The van der Waals surface area contributed by atoms with Crippen LogP contribution < -0.4 is 0 Å². The maximum atomic E-state index is 13.1. The molecule has 6 nitrogen and oxygen atoms in total. The minimum atomic E-state index is -0.677. The topological polar surface area (TPSA) is 66.4 Å². The van der Waals surface area contributed by atoms with Crippen molar-refractivity contribution in [3.05, 3.63) is 81.8 Å². The van der Waals surface area contributed by atoms with Gasteiger partial charge in [0.05, 0.1) is 6.54 Å². The smallest absolute Gasteiger partial charge is 0.304 e. The lowest BCUT2D eigenvalue weighted by atomic mass is 10.1. The number of nitrogens with zero attached hydrogens (tertiary/aromatic N) is 4. The first-order chi connectivity index (χ1) is 13.1. The highest BCUT2D eigenvalue weighted by Crippen LogP contribution is 2.34. The van der Waals surface area contributed by atoms with Crippen molar-refractivity contribution in [1.29, 1.82) is 0 Å². The first-order valence-electron chi connectivity index (χ1n) is 8.32. The molecular weight excluding hydrogens is 384 g/mol. The third-order valence-corrected chi connectivity index (χ3v) is 5.40. The molecule has 2 aromatic carbocycles. The predicted octanol–water partition coefficient (Wildman–Crippen LogP) is 3.90. The van der Waals surface area contributed by atoms with E-state index in [0.29, 0.717) is 16.6 Å². The third kappa shape index (κ3) is 3.43. The van der Waals surface area contributed by atoms with Crippen molar-refractivity contribution in [3.8, 4) is 0 Å². The normalized spacial score (nSPS) is 17.0.